The highest BCUT2D eigenvalue weighted by Crippen LogP contribution is 2.38. The summed E-state index contributed by atoms with van der Waals surface area (Å²) in [4.78, 5) is 27.9. The molecule has 3 rings (SSSR count). The normalized spacial score (nSPS) is 15.7. The molecule has 0 saturated heterocycles. The Kier molecular flexibility index (Phi) is 4.18. The van der Waals surface area contributed by atoms with Crippen molar-refractivity contribution < 1.29 is 19.0 Å². The Morgan fingerprint density at radius 3 is 2.87 bits per heavy atom. The Bertz CT molecular complexity index is 733. The largest absolute Gasteiger partial charge is 0.497 e. The minimum atomic E-state index is -0.658. The molecule has 1 amide bonds. The molecule has 7 heteroatoms. The molecule has 23 heavy (non-hydrogen) atoms. The first-order valence-corrected chi connectivity index (χ1v) is 7.18. The smallest absolute Gasteiger partial charge is 0.352 e. The van der Waals surface area contributed by atoms with Gasteiger partial charge in [-0.2, -0.15) is 0 Å². The average molecular weight is 314 g/mol. The molecule has 1 aliphatic rings. The number of methoxy groups -OCH3 is 1. The lowest BCUT2D eigenvalue weighted by atomic mass is 10.2. The molecular weight excluding hydrogens is 298 g/mol. The second-order valence-corrected chi connectivity index (χ2v) is 5.01. The standard InChI is InChI=1S/C16H15N3O4/c1-22-12-2-3-13-14(10-12)23-15(19(13)21)6-9-18-16(20)11-4-7-17-8-5-11/h2-5,7-8,10,15H,6,9H2,1H3/p+1. The number of aromatic nitrogens is 1. The molecule has 1 aliphatic heterocycles. The maximum atomic E-state index is 12.2. The number of nitroso groups, excluding NO2 is 1. The van der Waals surface area contributed by atoms with Crippen molar-refractivity contribution in [3.63, 3.8) is 0 Å². The fraction of sp³-hybridized carbons (Fsp3) is 0.250. The SMILES string of the molecule is COc1ccc2c(c1)OC(CCNC(=O)c1ccncc1)[N+]2=O. The first-order chi connectivity index (χ1) is 11.2. The Balaban J connectivity index is 1.56. The van der Waals surface area contributed by atoms with Crippen molar-refractivity contribution in [2.24, 2.45) is 0 Å². The van der Waals surface area contributed by atoms with Gasteiger partial charge in [-0.25, -0.2) is 0 Å². The van der Waals surface area contributed by atoms with Crippen molar-refractivity contribution in [3.05, 3.63) is 53.2 Å². The van der Waals surface area contributed by atoms with Gasteiger partial charge in [-0.3, -0.25) is 9.78 Å². The molecule has 1 unspecified atom stereocenters. The van der Waals surface area contributed by atoms with Crippen molar-refractivity contribution in [2.45, 2.75) is 12.6 Å². The molecule has 0 saturated carbocycles. The lowest BCUT2D eigenvalue weighted by molar-refractivity contribution is -0.529. The molecule has 0 bridgehead atoms. The summed E-state index contributed by atoms with van der Waals surface area (Å²) in [6, 6.07) is 8.31. The number of fused-ring (bicyclic) bond motifs is 1. The average Bonchev–Trinajstić information content (AvgIpc) is 2.91. The van der Waals surface area contributed by atoms with Crippen molar-refractivity contribution in [3.8, 4) is 11.5 Å². The van der Waals surface area contributed by atoms with E-state index in [9.17, 15) is 9.70 Å². The van der Waals surface area contributed by atoms with Gasteiger partial charge in [0.25, 0.3) is 5.91 Å². The highest BCUT2D eigenvalue weighted by atomic mass is 16.5. The summed E-state index contributed by atoms with van der Waals surface area (Å²) < 4.78 is 11.5. The fourth-order valence-electron chi connectivity index (χ4n) is 2.34. The predicted octanol–water partition coefficient (Wildman–Crippen LogP) is 2.04. The van der Waals surface area contributed by atoms with Crippen LogP contribution in [0.3, 0.4) is 0 Å². The summed E-state index contributed by atoms with van der Waals surface area (Å²) in [6.45, 7) is 0.329. The number of carbonyl (C=O) groups excluding carboxylic acids is 1. The highest BCUT2D eigenvalue weighted by Gasteiger charge is 2.40. The second-order valence-electron chi connectivity index (χ2n) is 5.01. The monoisotopic (exact) mass is 314 g/mol. The first-order valence-electron chi connectivity index (χ1n) is 7.18. The van der Waals surface area contributed by atoms with E-state index < -0.39 is 6.23 Å². The van der Waals surface area contributed by atoms with Crippen LogP contribution in [0.4, 0.5) is 5.69 Å². The van der Waals surface area contributed by atoms with Gasteiger partial charge < -0.3 is 14.8 Å². The Hall–Kier alpha value is -2.96. The van der Waals surface area contributed by atoms with E-state index in [2.05, 4.69) is 10.3 Å². The fourth-order valence-corrected chi connectivity index (χ4v) is 2.34. The van der Waals surface area contributed by atoms with Gasteiger partial charge in [0.1, 0.15) is 5.75 Å². The lowest BCUT2D eigenvalue weighted by Gasteiger charge is -2.05. The van der Waals surface area contributed by atoms with Crippen LogP contribution in [0.25, 0.3) is 0 Å². The second kappa shape index (κ2) is 6.43. The van der Waals surface area contributed by atoms with Crippen molar-refractivity contribution >= 4 is 11.6 Å². The third kappa shape index (κ3) is 3.13. The molecule has 2 heterocycles. The quantitative estimate of drug-likeness (QED) is 0.854. The minimum Gasteiger partial charge on any atom is -0.497 e. The summed E-state index contributed by atoms with van der Waals surface area (Å²) in [5.74, 6) is 0.913. The summed E-state index contributed by atoms with van der Waals surface area (Å²) >= 11 is 0. The van der Waals surface area contributed by atoms with Gasteiger partial charge in [-0.1, -0.05) is 0 Å². The number of hydrogen-bond acceptors (Lipinski definition) is 5. The van der Waals surface area contributed by atoms with E-state index in [4.69, 9.17) is 9.47 Å². The molecule has 1 atom stereocenters. The zero-order valence-electron chi connectivity index (χ0n) is 12.6. The number of carbonyl (C=O) groups is 1. The van der Waals surface area contributed by atoms with Crippen LogP contribution in [0.5, 0.6) is 11.5 Å². The topological polar surface area (TPSA) is 80.5 Å². The van der Waals surface area contributed by atoms with Gasteiger partial charge >= 0.3 is 11.9 Å². The molecule has 1 aromatic carbocycles. The van der Waals surface area contributed by atoms with Crippen LogP contribution in [0.2, 0.25) is 0 Å². The number of hydrogen-bond donors (Lipinski definition) is 1. The van der Waals surface area contributed by atoms with Crippen LogP contribution in [-0.4, -0.2) is 35.5 Å². The number of pyridine rings is 1. The Morgan fingerprint density at radius 1 is 1.35 bits per heavy atom. The molecular formula is C16H16N3O4+. The third-order valence-corrected chi connectivity index (χ3v) is 3.55. The van der Waals surface area contributed by atoms with Crippen LogP contribution in [-0.2, 0) is 0 Å². The summed E-state index contributed by atoms with van der Waals surface area (Å²) in [7, 11) is 1.55. The van der Waals surface area contributed by atoms with E-state index in [-0.39, 0.29) is 5.91 Å². The predicted molar refractivity (Wildman–Crippen MR) is 81.9 cm³/mol. The van der Waals surface area contributed by atoms with Gasteiger partial charge in [0.15, 0.2) is 0 Å². The lowest BCUT2D eigenvalue weighted by Crippen LogP contribution is -2.30. The molecule has 118 valence electrons. The molecule has 0 aliphatic carbocycles. The van der Waals surface area contributed by atoms with Crippen LogP contribution >= 0.6 is 0 Å². The molecule has 0 spiro atoms. The summed E-state index contributed by atoms with van der Waals surface area (Å²) in [5.41, 5.74) is 0.996. The number of rotatable bonds is 5. The Morgan fingerprint density at radius 2 is 2.13 bits per heavy atom. The zero-order valence-corrected chi connectivity index (χ0v) is 12.6. The summed E-state index contributed by atoms with van der Waals surface area (Å²) in [6.07, 6.45) is 2.82. The van der Waals surface area contributed by atoms with Gasteiger partial charge in [-0.05, 0) is 18.2 Å². The maximum absolute atomic E-state index is 12.2. The number of amides is 1. The summed E-state index contributed by atoms with van der Waals surface area (Å²) in [5, 5.41) is 2.76. The number of benzene rings is 1. The van der Waals surface area contributed by atoms with E-state index >= 15 is 0 Å². The van der Waals surface area contributed by atoms with Gasteiger partial charge in [0, 0.05) is 41.5 Å². The van der Waals surface area contributed by atoms with E-state index in [0.717, 1.165) is 4.76 Å². The Labute approximate surface area is 132 Å². The minimum absolute atomic E-state index is 0.206. The highest BCUT2D eigenvalue weighted by molar-refractivity contribution is 5.93. The zero-order chi connectivity index (χ0) is 16.2. The van der Waals surface area contributed by atoms with Gasteiger partial charge in [0.2, 0.25) is 5.75 Å². The molecule has 1 aromatic heterocycles. The van der Waals surface area contributed by atoms with Gasteiger partial charge in [-0.15, -0.1) is 0 Å². The molecule has 7 nitrogen and oxygen atoms in total. The number of nitrogens with zero attached hydrogens (tertiary/aromatic N) is 2. The van der Waals surface area contributed by atoms with Crippen LogP contribution in [0.1, 0.15) is 16.8 Å². The van der Waals surface area contributed by atoms with Crippen molar-refractivity contribution in [2.75, 3.05) is 13.7 Å². The number of ether oxygens (including phenoxy) is 2. The van der Waals surface area contributed by atoms with E-state index in [1.165, 1.54) is 0 Å². The van der Waals surface area contributed by atoms with Crippen LogP contribution in [0.15, 0.2) is 42.7 Å². The van der Waals surface area contributed by atoms with Crippen molar-refractivity contribution in [1.29, 1.82) is 0 Å². The molecule has 0 radical (unpaired) electrons. The molecule has 1 N–H and O–H groups in total. The van der Waals surface area contributed by atoms with Crippen LogP contribution in [0, 0.1) is 4.91 Å². The molecule has 2 aromatic rings. The van der Waals surface area contributed by atoms with E-state index in [1.807, 2.05) is 0 Å². The molecule has 0 fully saturated rings. The van der Waals surface area contributed by atoms with Gasteiger partial charge in [0.05, 0.1) is 18.3 Å². The third-order valence-electron chi connectivity index (χ3n) is 3.55. The number of nitrogens with one attached hydrogen (secondary N) is 1. The first kappa shape index (κ1) is 15.0. The van der Waals surface area contributed by atoms with E-state index in [0.29, 0.717) is 35.7 Å². The van der Waals surface area contributed by atoms with Crippen LogP contribution < -0.4 is 14.8 Å². The maximum Gasteiger partial charge on any atom is 0.352 e. The van der Waals surface area contributed by atoms with Crippen molar-refractivity contribution in [1.82, 2.24) is 10.3 Å². The van der Waals surface area contributed by atoms with E-state index in [1.54, 1.807) is 49.8 Å².